The van der Waals surface area contributed by atoms with Gasteiger partial charge in [-0.3, -0.25) is 4.68 Å². The lowest BCUT2D eigenvalue weighted by Crippen LogP contribution is -2.15. The van der Waals surface area contributed by atoms with Gasteiger partial charge >= 0.3 is 0 Å². The largest absolute Gasteiger partial charge is 0.493 e. The molecular weight excluding hydrogens is 250 g/mol. The Labute approximate surface area is 120 Å². The normalized spacial score (nSPS) is 12.3. The Bertz CT molecular complexity index is 515. The van der Waals surface area contributed by atoms with Gasteiger partial charge in [-0.1, -0.05) is 19.1 Å². The molecule has 0 fully saturated rings. The highest BCUT2D eigenvalue weighted by molar-refractivity contribution is 5.29. The molecule has 0 saturated heterocycles. The second-order valence-electron chi connectivity index (χ2n) is 4.86. The van der Waals surface area contributed by atoms with Gasteiger partial charge in [-0.2, -0.15) is 5.10 Å². The molecule has 1 N–H and O–H groups in total. The second-order valence-corrected chi connectivity index (χ2v) is 4.86. The maximum Gasteiger partial charge on any atom is 0.119 e. The van der Waals surface area contributed by atoms with Gasteiger partial charge in [-0.15, -0.1) is 0 Å². The summed E-state index contributed by atoms with van der Waals surface area (Å²) in [6.45, 7) is 2.85. The summed E-state index contributed by atoms with van der Waals surface area (Å²) in [4.78, 5) is 0. The average molecular weight is 273 g/mol. The lowest BCUT2D eigenvalue weighted by atomic mass is 10.0. The Hall–Kier alpha value is -1.81. The molecule has 20 heavy (non-hydrogen) atoms. The molecule has 4 nitrogen and oxygen atoms in total. The molecule has 0 radical (unpaired) electrons. The van der Waals surface area contributed by atoms with Gasteiger partial charge in [0.05, 0.1) is 6.61 Å². The van der Waals surface area contributed by atoms with Crippen LogP contribution in [-0.4, -0.2) is 23.4 Å². The molecule has 1 unspecified atom stereocenters. The molecule has 2 rings (SSSR count). The minimum absolute atomic E-state index is 0.415. The van der Waals surface area contributed by atoms with Crippen LogP contribution in [0.25, 0.3) is 0 Å². The highest BCUT2D eigenvalue weighted by atomic mass is 16.5. The summed E-state index contributed by atoms with van der Waals surface area (Å²) in [5, 5.41) is 7.45. The van der Waals surface area contributed by atoms with E-state index in [0.29, 0.717) is 12.6 Å². The average Bonchev–Trinajstić information content (AvgIpc) is 2.87. The smallest absolute Gasteiger partial charge is 0.119 e. The zero-order valence-corrected chi connectivity index (χ0v) is 12.5. The molecule has 0 spiro atoms. The summed E-state index contributed by atoms with van der Waals surface area (Å²) in [6, 6.07) is 10.8. The second kappa shape index (κ2) is 7.10. The number of hydrogen-bond donors (Lipinski definition) is 1. The van der Waals surface area contributed by atoms with Gasteiger partial charge in [0.15, 0.2) is 0 Å². The number of nitrogens with zero attached hydrogens (tertiary/aromatic N) is 2. The number of aromatic nitrogens is 2. The van der Waals surface area contributed by atoms with Gasteiger partial charge in [0.2, 0.25) is 0 Å². The first-order chi connectivity index (χ1) is 9.74. The molecule has 0 amide bonds. The number of hydrogen-bond acceptors (Lipinski definition) is 3. The molecule has 1 heterocycles. The molecule has 0 aliphatic rings. The van der Waals surface area contributed by atoms with Crippen LogP contribution in [0.15, 0.2) is 36.5 Å². The van der Waals surface area contributed by atoms with E-state index in [-0.39, 0.29) is 0 Å². The standard InChI is InChI=1S/C16H23N3O/c1-4-16(17-2)13-5-7-15(8-6-13)20-12-10-14-9-11-18-19(14)3/h5-9,11,16-17H,4,10,12H2,1-3H3. The van der Waals surface area contributed by atoms with Gasteiger partial charge in [0.25, 0.3) is 0 Å². The summed E-state index contributed by atoms with van der Waals surface area (Å²) in [5.41, 5.74) is 2.48. The highest BCUT2D eigenvalue weighted by Crippen LogP contribution is 2.19. The van der Waals surface area contributed by atoms with Crippen molar-refractivity contribution < 1.29 is 4.74 Å². The van der Waals surface area contributed by atoms with Gasteiger partial charge in [0, 0.05) is 31.4 Å². The highest BCUT2D eigenvalue weighted by Gasteiger charge is 2.06. The molecule has 0 aliphatic heterocycles. The SMILES string of the molecule is CCC(NC)c1ccc(OCCc2ccnn2C)cc1. The zero-order valence-electron chi connectivity index (χ0n) is 12.5. The van der Waals surface area contributed by atoms with Crippen LogP contribution in [-0.2, 0) is 13.5 Å². The molecule has 0 aliphatic carbocycles. The maximum absolute atomic E-state index is 5.77. The van der Waals surface area contributed by atoms with E-state index in [2.05, 4.69) is 29.5 Å². The van der Waals surface area contributed by atoms with Crippen molar-refractivity contribution in [3.63, 3.8) is 0 Å². The summed E-state index contributed by atoms with van der Waals surface area (Å²) >= 11 is 0. The van der Waals surface area contributed by atoms with Crippen LogP contribution in [0.1, 0.15) is 30.6 Å². The molecule has 2 aromatic rings. The van der Waals surface area contributed by atoms with E-state index in [0.717, 1.165) is 18.6 Å². The topological polar surface area (TPSA) is 39.1 Å². The van der Waals surface area contributed by atoms with Crippen LogP contribution in [0.2, 0.25) is 0 Å². The molecule has 4 heteroatoms. The van der Waals surface area contributed by atoms with Crippen LogP contribution in [0.5, 0.6) is 5.75 Å². The lowest BCUT2D eigenvalue weighted by molar-refractivity contribution is 0.318. The first kappa shape index (κ1) is 14.6. The molecular formula is C16H23N3O. The first-order valence-corrected chi connectivity index (χ1v) is 7.11. The summed E-state index contributed by atoms with van der Waals surface area (Å²) in [6.07, 6.45) is 3.76. The van der Waals surface area contributed by atoms with Crippen LogP contribution in [0.4, 0.5) is 0 Å². The first-order valence-electron chi connectivity index (χ1n) is 7.11. The summed E-state index contributed by atoms with van der Waals surface area (Å²) in [5.74, 6) is 0.918. The van der Waals surface area contributed by atoms with E-state index in [1.165, 1.54) is 11.3 Å². The van der Waals surface area contributed by atoms with Gasteiger partial charge in [0.1, 0.15) is 5.75 Å². The van der Waals surface area contributed by atoms with Crippen molar-refractivity contribution in [1.29, 1.82) is 0 Å². The number of rotatable bonds is 7. The molecule has 1 aromatic carbocycles. The van der Waals surface area contributed by atoms with Gasteiger partial charge < -0.3 is 10.1 Å². The fourth-order valence-electron chi connectivity index (χ4n) is 2.32. The van der Waals surface area contributed by atoms with Crippen molar-refractivity contribution in [2.24, 2.45) is 7.05 Å². The van der Waals surface area contributed by atoms with Crippen LogP contribution in [0.3, 0.4) is 0 Å². The van der Waals surface area contributed by atoms with Crippen molar-refractivity contribution in [3.8, 4) is 5.75 Å². The van der Waals surface area contributed by atoms with Crippen LogP contribution in [0, 0.1) is 0 Å². The molecule has 1 atom stereocenters. The van der Waals surface area contributed by atoms with E-state index < -0.39 is 0 Å². The number of ether oxygens (including phenoxy) is 1. The molecule has 1 aromatic heterocycles. The Kier molecular flexibility index (Phi) is 5.18. The third-order valence-corrected chi connectivity index (χ3v) is 3.59. The monoisotopic (exact) mass is 273 g/mol. The summed E-state index contributed by atoms with van der Waals surface area (Å²) in [7, 11) is 3.94. The van der Waals surface area contributed by atoms with E-state index in [1.807, 2.05) is 43.2 Å². The third-order valence-electron chi connectivity index (χ3n) is 3.59. The fraction of sp³-hybridized carbons (Fsp3) is 0.438. The predicted octanol–water partition coefficient (Wildman–Crippen LogP) is 2.71. The predicted molar refractivity (Wildman–Crippen MR) is 80.9 cm³/mol. The Morgan fingerprint density at radius 1 is 1.25 bits per heavy atom. The zero-order chi connectivity index (χ0) is 14.4. The molecule has 108 valence electrons. The number of nitrogens with one attached hydrogen (secondary N) is 1. The van der Waals surface area contributed by atoms with E-state index in [4.69, 9.17) is 4.74 Å². The molecule has 0 bridgehead atoms. The minimum atomic E-state index is 0.415. The maximum atomic E-state index is 5.77. The van der Waals surface area contributed by atoms with Crippen molar-refractivity contribution >= 4 is 0 Å². The van der Waals surface area contributed by atoms with Gasteiger partial charge in [-0.05, 0) is 37.2 Å². The summed E-state index contributed by atoms with van der Waals surface area (Å²) < 4.78 is 7.65. The Morgan fingerprint density at radius 2 is 2.00 bits per heavy atom. The minimum Gasteiger partial charge on any atom is -0.493 e. The van der Waals surface area contributed by atoms with Crippen molar-refractivity contribution in [3.05, 3.63) is 47.8 Å². The van der Waals surface area contributed by atoms with E-state index >= 15 is 0 Å². The fourth-order valence-corrected chi connectivity index (χ4v) is 2.32. The van der Waals surface area contributed by atoms with Gasteiger partial charge in [-0.25, -0.2) is 0 Å². The Morgan fingerprint density at radius 3 is 2.55 bits per heavy atom. The third kappa shape index (κ3) is 3.61. The quantitative estimate of drug-likeness (QED) is 0.843. The van der Waals surface area contributed by atoms with E-state index in [1.54, 1.807) is 0 Å². The number of aryl methyl sites for hydroxylation is 1. The van der Waals surface area contributed by atoms with E-state index in [9.17, 15) is 0 Å². The Balaban J connectivity index is 1.86. The van der Waals surface area contributed by atoms with Crippen molar-refractivity contribution in [1.82, 2.24) is 15.1 Å². The van der Waals surface area contributed by atoms with Crippen LogP contribution < -0.4 is 10.1 Å². The lowest BCUT2D eigenvalue weighted by Gasteiger charge is -2.14. The van der Waals surface area contributed by atoms with Crippen molar-refractivity contribution in [2.75, 3.05) is 13.7 Å². The van der Waals surface area contributed by atoms with Crippen LogP contribution >= 0.6 is 0 Å². The molecule has 0 saturated carbocycles. The number of benzene rings is 1. The van der Waals surface area contributed by atoms with Crippen molar-refractivity contribution in [2.45, 2.75) is 25.8 Å².